The average molecular weight is 336 g/mol. The van der Waals surface area contributed by atoms with Gasteiger partial charge in [0.1, 0.15) is 0 Å². The molecule has 0 aliphatic carbocycles. The molecule has 3 nitrogen and oxygen atoms in total. The van der Waals surface area contributed by atoms with Crippen LogP contribution in [0.4, 0.5) is 0 Å². The van der Waals surface area contributed by atoms with E-state index in [4.69, 9.17) is 5.73 Å². The highest BCUT2D eigenvalue weighted by molar-refractivity contribution is 5.78. The molecule has 1 amide bonds. The first-order valence-corrected chi connectivity index (χ1v) is 9.28. The molecule has 2 aromatic carbocycles. The molecule has 1 aliphatic heterocycles. The smallest absolute Gasteiger partial charge is 0.223 e. The molecule has 2 atom stereocenters. The van der Waals surface area contributed by atoms with Gasteiger partial charge in [0.25, 0.3) is 0 Å². The normalized spacial score (nSPS) is 19.0. The van der Waals surface area contributed by atoms with Crippen LogP contribution in [-0.4, -0.2) is 29.9 Å². The van der Waals surface area contributed by atoms with Crippen LogP contribution in [0.5, 0.6) is 0 Å². The number of carbonyl (C=O) groups excluding carboxylic acids is 1. The lowest BCUT2D eigenvalue weighted by molar-refractivity contribution is -0.133. The standard InChI is InChI=1S/C22H28N2O/c1-17(23)20-13-8-14-24(16-20)22(25)15-21(18-9-4-2-5-10-18)19-11-6-3-7-12-19/h2-7,9-12,17,20-21H,8,13-16,23H2,1H3. The maximum atomic E-state index is 13.0. The molecule has 0 saturated carbocycles. The molecule has 3 heteroatoms. The zero-order valence-corrected chi connectivity index (χ0v) is 15.0. The van der Waals surface area contributed by atoms with Gasteiger partial charge in [-0.3, -0.25) is 4.79 Å². The van der Waals surface area contributed by atoms with E-state index in [2.05, 4.69) is 31.2 Å². The number of likely N-dealkylation sites (tertiary alicyclic amines) is 1. The summed E-state index contributed by atoms with van der Waals surface area (Å²) < 4.78 is 0. The summed E-state index contributed by atoms with van der Waals surface area (Å²) in [4.78, 5) is 15.0. The molecular formula is C22H28N2O. The van der Waals surface area contributed by atoms with Crippen molar-refractivity contribution < 1.29 is 4.79 Å². The molecule has 2 unspecified atom stereocenters. The van der Waals surface area contributed by atoms with Gasteiger partial charge < -0.3 is 10.6 Å². The maximum Gasteiger partial charge on any atom is 0.223 e. The van der Waals surface area contributed by atoms with Crippen molar-refractivity contribution in [1.29, 1.82) is 0 Å². The van der Waals surface area contributed by atoms with E-state index in [9.17, 15) is 4.79 Å². The Bertz CT molecular complexity index is 629. The molecule has 25 heavy (non-hydrogen) atoms. The van der Waals surface area contributed by atoms with Crippen LogP contribution >= 0.6 is 0 Å². The summed E-state index contributed by atoms with van der Waals surface area (Å²) in [7, 11) is 0. The van der Waals surface area contributed by atoms with Crippen LogP contribution < -0.4 is 5.73 Å². The second kappa shape index (κ2) is 8.30. The van der Waals surface area contributed by atoms with Crippen LogP contribution in [0.15, 0.2) is 60.7 Å². The van der Waals surface area contributed by atoms with Crippen LogP contribution in [0, 0.1) is 5.92 Å². The highest BCUT2D eigenvalue weighted by Crippen LogP contribution is 2.29. The molecule has 0 spiro atoms. The Morgan fingerprint density at radius 2 is 1.64 bits per heavy atom. The summed E-state index contributed by atoms with van der Waals surface area (Å²) in [6.45, 7) is 3.71. The lowest BCUT2D eigenvalue weighted by atomic mass is 9.87. The molecular weight excluding hydrogens is 308 g/mol. The van der Waals surface area contributed by atoms with Crippen molar-refractivity contribution in [3.8, 4) is 0 Å². The van der Waals surface area contributed by atoms with Crippen molar-refractivity contribution in [3.63, 3.8) is 0 Å². The summed E-state index contributed by atoms with van der Waals surface area (Å²) in [5.74, 6) is 0.762. The van der Waals surface area contributed by atoms with Crippen LogP contribution in [0.1, 0.15) is 43.2 Å². The van der Waals surface area contributed by atoms with Gasteiger partial charge in [0.05, 0.1) is 0 Å². The largest absolute Gasteiger partial charge is 0.342 e. The Balaban J connectivity index is 1.77. The molecule has 1 saturated heterocycles. The minimum Gasteiger partial charge on any atom is -0.342 e. The third kappa shape index (κ3) is 4.49. The fourth-order valence-electron chi connectivity index (χ4n) is 3.77. The van der Waals surface area contributed by atoms with Crippen molar-refractivity contribution in [2.24, 2.45) is 11.7 Å². The van der Waals surface area contributed by atoms with Crippen molar-refractivity contribution in [2.75, 3.05) is 13.1 Å². The first kappa shape index (κ1) is 17.7. The molecule has 0 bridgehead atoms. The summed E-state index contributed by atoms with van der Waals surface area (Å²) in [6, 6.07) is 20.8. The average Bonchev–Trinajstić information content (AvgIpc) is 2.67. The predicted octanol–water partition coefficient (Wildman–Crippen LogP) is 3.79. The van der Waals surface area contributed by atoms with Gasteiger partial charge in [0.15, 0.2) is 0 Å². The van der Waals surface area contributed by atoms with E-state index in [-0.39, 0.29) is 17.9 Å². The molecule has 0 aromatic heterocycles. The van der Waals surface area contributed by atoms with Crippen LogP contribution in [-0.2, 0) is 4.79 Å². The molecule has 2 N–H and O–H groups in total. The second-order valence-electron chi connectivity index (χ2n) is 7.18. The van der Waals surface area contributed by atoms with Crippen molar-refractivity contribution in [2.45, 2.75) is 38.1 Å². The van der Waals surface area contributed by atoms with Gasteiger partial charge in [0.2, 0.25) is 5.91 Å². The summed E-state index contributed by atoms with van der Waals surface area (Å²) in [5, 5.41) is 0. The second-order valence-corrected chi connectivity index (χ2v) is 7.18. The number of amides is 1. The predicted molar refractivity (Wildman–Crippen MR) is 102 cm³/mol. The van der Waals surface area contributed by atoms with Crippen LogP contribution in [0.2, 0.25) is 0 Å². The molecule has 1 aliphatic rings. The molecule has 132 valence electrons. The molecule has 1 heterocycles. The Morgan fingerprint density at radius 1 is 1.08 bits per heavy atom. The summed E-state index contributed by atoms with van der Waals surface area (Å²) in [5.41, 5.74) is 8.47. The number of piperidine rings is 1. The topological polar surface area (TPSA) is 46.3 Å². The van der Waals surface area contributed by atoms with Gasteiger partial charge >= 0.3 is 0 Å². The molecule has 3 rings (SSSR count). The Kier molecular flexibility index (Phi) is 5.87. The van der Waals surface area contributed by atoms with E-state index >= 15 is 0 Å². The van der Waals surface area contributed by atoms with Gasteiger partial charge in [0, 0.05) is 31.5 Å². The molecule has 1 fully saturated rings. The minimum atomic E-state index is 0.102. The minimum absolute atomic E-state index is 0.102. The van der Waals surface area contributed by atoms with Gasteiger partial charge in [-0.15, -0.1) is 0 Å². The number of rotatable bonds is 5. The van der Waals surface area contributed by atoms with Crippen molar-refractivity contribution >= 4 is 5.91 Å². The maximum absolute atomic E-state index is 13.0. The number of carbonyl (C=O) groups is 1. The number of hydrogen-bond donors (Lipinski definition) is 1. The SMILES string of the molecule is CC(N)C1CCCN(C(=O)CC(c2ccccc2)c2ccccc2)C1. The third-order valence-electron chi connectivity index (χ3n) is 5.34. The summed E-state index contributed by atoms with van der Waals surface area (Å²) >= 11 is 0. The van der Waals surface area contributed by atoms with Crippen molar-refractivity contribution in [3.05, 3.63) is 71.8 Å². The lowest BCUT2D eigenvalue weighted by Gasteiger charge is -2.35. The van der Waals surface area contributed by atoms with Gasteiger partial charge in [-0.1, -0.05) is 60.7 Å². The number of nitrogens with two attached hydrogens (primary N) is 1. The van der Waals surface area contributed by atoms with E-state index in [1.165, 1.54) is 11.1 Å². The number of benzene rings is 2. The Labute approximate surface area is 150 Å². The van der Waals surface area contributed by atoms with Gasteiger partial charge in [-0.2, -0.15) is 0 Å². The van der Waals surface area contributed by atoms with Gasteiger partial charge in [-0.05, 0) is 36.8 Å². The van der Waals surface area contributed by atoms with E-state index in [1.54, 1.807) is 0 Å². The Hall–Kier alpha value is -2.13. The molecule has 2 aromatic rings. The quantitative estimate of drug-likeness (QED) is 0.903. The lowest BCUT2D eigenvalue weighted by Crippen LogP contribution is -2.45. The van der Waals surface area contributed by atoms with E-state index in [1.807, 2.05) is 41.3 Å². The molecule has 0 radical (unpaired) electrons. The fraction of sp³-hybridized carbons (Fsp3) is 0.409. The van der Waals surface area contributed by atoms with E-state index in [0.29, 0.717) is 12.3 Å². The highest BCUT2D eigenvalue weighted by Gasteiger charge is 2.28. The zero-order valence-electron chi connectivity index (χ0n) is 15.0. The van der Waals surface area contributed by atoms with Gasteiger partial charge in [-0.25, -0.2) is 0 Å². The highest BCUT2D eigenvalue weighted by atomic mass is 16.2. The third-order valence-corrected chi connectivity index (χ3v) is 5.34. The summed E-state index contributed by atoms with van der Waals surface area (Å²) in [6.07, 6.45) is 2.70. The van der Waals surface area contributed by atoms with Crippen LogP contribution in [0.25, 0.3) is 0 Å². The van der Waals surface area contributed by atoms with Crippen molar-refractivity contribution in [1.82, 2.24) is 4.90 Å². The van der Waals surface area contributed by atoms with Crippen LogP contribution in [0.3, 0.4) is 0 Å². The Morgan fingerprint density at radius 3 is 2.16 bits per heavy atom. The zero-order chi connectivity index (χ0) is 17.6. The number of nitrogens with zero attached hydrogens (tertiary/aromatic N) is 1. The first-order chi connectivity index (χ1) is 12.1. The van der Waals surface area contributed by atoms with E-state index < -0.39 is 0 Å². The van der Waals surface area contributed by atoms with E-state index in [0.717, 1.165) is 25.9 Å². The monoisotopic (exact) mass is 336 g/mol. The number of hydrogen-bond acceptors (Lipinski definition) is 2. The first-order valence-electron chi connectivity index (χ1n) is 9.28. The fourth-order valence-corrected chi connectivity index (χ4v) is 3.77.